The largest absolute Gasteiger partial charge is 0.481 e. The third-order valence-electron chi connectivity index (χ3n) is 2.09. The van der Waals surface area contributed by atoms with Gasteiger partial charge in [-0.2, -0.15) is 4.89 Å². The first-order chi connectivity index (χ1) is 8.33. The maximum Gasteiger partial charge on any atom is 0.345 e. The molecule has 1 rings (SSSR count). The normalized spacial score (nSPS) is 20.8. The summed E-state index contributed by atoms with van der Waals surface area (Å²) >= 11 is 0. The summed E-state index contributed by atoms with van der Waals surface area (Å²) < 4.78 is 4.74. The van der Waals surface area contributed by atoms with Crippen LogP contribution in [0.25, 0.3) is 0 Å². The summed E-state index contributed by atoms with van der Waals surface area (Å²) in [6.45, 7) is 0.478. The Hall–Kier alpha value is -1.71. The fourth-order valence-corrected chi connectivity index (χ4v) is 1.07. The Kier molecular flexibility index (Phi) is 4.59. The lowest BCUT2D eigenvalue weighted by Crippen LogP contribution is -2.43. The molecule has 1 aliphatic rings. The Morgan fingerprint density at radius 3 is 2.33 bits per heavy atom. The minimum absolute atomic E-state index is 0.00380. The van der Waals surface area contributed by atoms with Crippen molar-refractivity contribution in [3.05, 3.63) is 0 Å². The lowest BCUT2D eigenvalue weighted by atomic mass is 9.96. The lowest BCUT2D eigenvalue weighted by molar-refractivity contribution is -0.276. The zero-order chi connectivity index (χ0) is 13.8. The van der Waals surface area contributed by atoms with Gasteiger partial charge in [-0.15, -0.1) is 0 Å². The van der Waals surface area contributed by atoms with E-state index in [-0.39, 0.29) is 12.7 Å². The number of epoxide rings is 1. The molecule has 1 saturated heterocycles. The molecule has 0 aliphatic carbocycles. The molecule has 1 heterocycles. The van der Waals surface area contributed by atoms with Crippen LogP contribution in [-0.4, -0.2) is 58.1 Å². The van der Waals surface area contributed by atoms with Gasteiger partial charge in [-0.1, -0.05) is 0 Å². The molecule has 9 nitrogen and oxygen atoms in total. The summed E-state index contributed by atoms with van der Waals surface area (Å²) in [7, 11) is 0. The highest BCUT2D eigenvalue weighted by atomic mass is 17.2. The Morgan fingerprint density at radius 2 is 1.89 bits per heavy atom. The molecule has 1 fully saturated rings. The van der Waals surface area contributed by atoms with Gasteiger partial charge in [-0.3, -0.25) is 9.68 Å². The van der Waals surface area contributed by atoms with E-state index in [2.05, 4.69) is 9.78 Å². The van der Waals surface area contributed by atoms with Crippen molar-refractivity contribution in [2.75, 3.05) is 13.2 Å². The monoisotopic (exact) mass is 264 g/mol. The molecule has 9 heteroatoms. The number of carbonyl (C=O) groups is 3. The summed E-state index contributed by atoms with van der Waals surface area (Å²) in [5.41, 5.74) is -2.72. The number of hydrogen-bond donors (Lipinski definition) is 3. The van der Waals surface area contributed by atoms with Crippen molar-refractivity contribution in [3.8, 4) is 0 Å². The standard InChI is InChI=1S/C9H12O9/c10-6(11)1-9(15,8(13)14)2-7(12)18-17-4-5-3-16-5/h5,15H,1-4H2,(H,10,11)(H,13,14). The van der Waals surface area contributed by atoms with Gasteiger partial charge in [0.25, 0.3) is 0 Å². The summed E-state index contributed by atoms with van der Waals surface area (Å²) in [5, 5.41) is 26.6. The van der Waals surface area contributed by atoms with Crippen molar-refractivity contribution in [2.24, 2.45) is 0 Å². The van der Waals surface area contributed by atoms with Crippen LogP contribution < -0.4 is 0 Å². The number of rotatable bonds is 8. The predicted molar refractivity (Wildman–Crippen MR) is 51.2 cm³/mol. The Labute approximate surface area is 101 Å². The van der Waals surface area contributed by atoms with Gasteiger partial charge < -0.3 is 20.1 Å². The van der Waals surface area contributed by atoms with Crippen molar-refractivity contribution in [3.63, 3.8) is 0 Å². The SMILES string of the molecule is O=C(O)CC(O)(CC(=O)OOCC1CO1)C(=O)O. The van der Waals surface area contributed by atoms with E-state index in [0.717, 1.165) is 0 Å². The summed E-state index contributed by atoms with van der Waals surface area (Å²) in [6, 6.07) is 0. The topological polar surface area (TPSA) is 143 Å². The second kappa shape index (κ2) is 5.76. The molecule has 0 aromatic carbocycles. The van der Waals surface area contributed by atoms with E-state index >= 15 is 0 Å². The van der Waals surface area contributed by atoms with Crippen molar-refractivity contribution in [1.29, 1.82) is 0 Å². The molecule has 18 heavy (non-hydrogen) atoms. The van der Waals surface area contributed by atoms with Crippen molar-refractivity contribution in [2.45, 2.75) is 24.5 Å². The van der Waals surface area contributed by atoms with Crippen molar-refractivity contribution < 1.29 is 44.2 Å². The molecule has 0 spiro atoms. The second-order valence-corrected chi connectivity index (χ2v) is 3.78. The molecule has 1 aliphatic heterocycles. The number of carboxylic acid groups (broad SMARTS) is 2. The minimum atomic E-state index is -2.72. The predicted octanol–water partition coefficient (Wildman–Crippen LogP) is -1.46. The van der Waals surface area contributed by atoms with E-state index in [1.54, 1.807) is 0 Å². The zero-order valence-electron chi connectivity index (χ0n) is 9.20. The Morgan fingerprint density at radius 1 is 1.28 bits per heavy atom. The zero-order valence-corrected chi connectivity index (χ0v) is 9.20. The number of aliphatic carboxylic acids is 2. The number of carboxylic acids is 2. The molecule has 0 saturated carbocycles. The fourth-order valence-electron chi connectivity index (χ4n) is 1.07. The quantitative estimate of drug-likeness (QED) is 0.272. The van der Waals surface area contributed by atoms with Crippen LogP contribution in [0.1, 0.15) is 12.8 Å². The summed E-state index contributed by atoms with van der Waals surface area (Å²) in [6.07, 6.45) is -2.31. The van der Waals surface area contributed by atoms with E-state index < -0.39 is 36.4 Å². The van der Waals surface area contributed by atoms with Gasteiger partial charge in [0, 0.05) is 0 Å². The third-order valence-corrected chi connectivity index (χ3v) is 2.09. The smallest absolute Gasteiger partial charge is 0.345 e. The Bertz CT molecular complexity index is 348. The third kappa shape index (κ3) is 4.65. The first-order valence-corrected chi connectivity index (χ1v) is 4.95. The van der Waals surface area contributed by atoms with E-state index in [9.17, 15) is 19.5 Å². The van der Waals surface area contributed by atoms with Gasteiger partial charge in [0.2, 0.25) is 0 Å². The molecule has 0 amide bonds. The van der Waals surface area contributed by atoms with Gasteiger partial charge in [0.05, 0.1) is 19.4 Å². The van der Waals surface area contributed by atoms with Crippen molar-refractivity contribution in [1.82, 2.24) is 0 Å². The van der Waals surface area contributed by atoms with Gasteiger partial charge in [-0.25, -0.2) is 9.59 Å². The Balaban J connectivity index is 2.40. The number of aliphatic hydroxyl groups is 1. The number of hydrogen-bond acceptors (Lipinski definition) is 7. The number of ether oxygens (including phenoxy) is 1. The van der Waals surface area contributed by atoms with Crippen LogP contribution in [0.4, 0.5) is 0 Å². The number of carbonyl (C=O) groups excluding carboxylic acids is 1. The molecule has 2 unspecified atom stereocenters. The van der Waals surface area contributed by atoms with E-state index in [1.807, 2.05) is 0 Å². The van der Waals surface area contributed by atoms with Gasteiger partial charge >= 0.3 is 17.9 Å². The van der Waals surface area contributed by atoms with Crippen LogP contribution in [-0.2, 0) is 28.9 Å². The molecular formula is C9H12O9. The van der Waals surface area contributed by atoms with Crippen LogP contribution in [0, 0.1) is 0 Å². The molecule has 0 radical (unpaired) electrons. The summed E-state index contributed by atoms with van der Waals surface area (Å²) in [4.78, 5) is 40.8. The van der Waals surface area contributed by atoms with Crippen LogP contribution in [0.15, 0.2) is 0 Å². The van der Waals surface area contributed by atoms with Crippen LogP contribution in [0.5, 0.6) is 0 Å². The summed E-state index contributed by atoms with van der Waals surface area (Å²) in [5.74, 6) is -4.56. The highest BCUT2D eigenvalue weighted by Gasteiger charge is 2.41. The highest BCUT2D eigenvalue weighted by Crippen LogP contribution is 2.17. The van der Waals surface area contributed by atoms with Gasteiger partial charge in [0.15, 0.2) is 5.60 Å². The van der Waals surface area contributed by atoms with E-state index in [4.69, 9.17) is 14.9 Å². The molecular weight excluding hydrogens is 252 g/mol. The highest BCUT2D eigenvalue weighted by molar-refractivity contribution is 5.88. The average Bonchev–Trinajstić information content (AvgIpc) is 2.99. The van der Waals surface area contributed by atoms with Crippen LogP contribution in [0.2, 0.25) is 0 Å². The van der Waals surface area contributed by atoms with Crippen LogP contribution >= 0.6 is 0 Å². The second-order valence-electron chi connectivity index (χ2n) is 3.78. The van der Waals surface area contributed by atoms with Gasteiger partial charge in [-0.05, 0) is 0 Å². The molecule has 102 valence electrons. The van der Waals surface area contributed by atoms with E-state index in [0.29, 0.717) is 6.61 Å². The first-order valence-electron chi connectivity index (χ1n) is 4.95. The lowest BCUT2D eigenvalue weighted by Gasteiger charge is -2.19. The van der Waals surface area contributed by atoms with Crippen molar-refractivity contribution >= 4 is 17.9 Å². The molecule has 3 N–H and O–H groups in total. The minimum Gasteiger partial charge on any atom is -0.481 e. The van der Waals surface area contributed by atoms with Crippen LogP contribution in [0.3, 0.4) is 0 Å². The van der Waals surface area contributed by atoms with Gasteiger partial charge in [0.1, 0.15) is 12.7 Å². The fraction of sp³-hybridized carbons (Fsp3) is 0.667. The maximum atomic E-state index is 11.1. The molecule has 0 aromatic rings. The molecule has 2 atom stereocenters. The molecule has 0 bridgehead atoms. The maximum absolute atomic E-state index is 11.1. The first kappa shape index (κ1) is 14.4. The molecule has 0 aromatic heterocycles. The average molecular weight is 264 g/mol. The van der Waals surface area contributed by atoms with E-state index in [1.165, 1.54) is 0 Å².